The van der Waals surface area contributed by atoms with E-state index < -0.39 is 0 Å². The Balaban J connectivity index is 1.56. The summed E-state index contributed by atoms with van der Waals surface area (Å²) in [6.07, 6.45) is 3.75. The zero-order chi connectivity index (χ0) is 16.2. The van der Waals surface area contributed by atoms with Crippen LogP contribution in [-0.4, -0.2) is 34.6 Å². The number of hydrogen-bond acceptors (Lipinski definition) is 5. The lowest BCUT2D eigenvalue weighted by Gasteiger charge is -2.34. The van der Waals surface area contributed by atoms with Gasteiger partial charge in [0.05, 0.1) is 24.9 Å². The van der Waals surface area contributed by atoms with Gasteiger partial charge in [-0.05, 0) is 11.6 Å². The lowest BCUT2D eigenvalue weighted by molar-refractivity contribution is -0.0140. The number of benzene rings is 1. The van der Waals surface area contributed by atoms with Gasteiger partial charge in [-0.2, -0.15) is 0 Å². The van der Waals surface area contributed by atoms with E-state index >= 15 is 0 Å². The smallest absolute Gasteiger partial charge is 0.123 e. The molecule has 5 heteroatoms. The molecule has 1 aliphatic heterocycles. The van der Waals surface area contributed by atoms with Gasteiger partial charge < -0.3 is 4.74 Å². The molecular formula is C19H19N3OS. The quantitative estimate of drug-likeness (QED) is 0.726. The zero-order valence-electron chi connectivity index (χ0n) is 13.3. The second-order valence-electron chi connectivity index (χ2n) is 5.87. The van der Waals surface area contributed by atoms with Crippen molar-refractivity contribution in [2.75, 3.05) is 19.8 Å². The number of pyridine rings is 1. The number of aromatic nitrogens is 2. The van der Waals surface area contributed by atoms with Crippen molar-refractivity contribution in [3.8, 4) is 10.6 Å². The molecule has 4 nitrogen and oxygen atoms in total. The molecular weight excluding hydrogens is 318 g/mol. The van der Waals surface area contributed by atoms with Crippen molar-refractivity contribution in [1.82, 2.24) is 14.9 Å². The summed E-state index contributed by atoms with van der Waals surface area (Å²) in [7, 11) is 0. The molecule has 0 N–H and O–H groups in total. The third kappa shape index (κ3) is 3.38. The first-order chi connectivity index (χ1) is 11.9. The fourth-order valence-corrected chi connectivity index (χ4v) is 3.85. The van der Waals surface area contributed by atoms with Crippen LogP contribution in [0, 0.1) is 0 Å². The normalized spacial score (nSPS) is 18.6. The van der Waals surface area contributed by atoms with Gasteiger partial charge in [0.15, 0.2) is 0 Å². The van der Waals surface area contributed by atoms with Gasteiger partial charge in [-0.25, -0.2) is 4.98 Å². The van der Waals surface area contributed by atoms with Crippen molar-refractivity contribution in [3.63, 3.8) is 0 Å². The van der Waals surface area contributed by atoms with Gasteiger partial charge >= 0.3 is 0 Å². The van der Waals surface area contributed by atoms with Crippen LogP contribution in [0.2, 0.25) is 0 Å². The molecule has 1 fully saturated rings. The lowest BCUT2D eigenvalue weighted by Crippen LogP contribution is -2.39. The van der Waals surface area contributed by atoms with Crippen molar-refractivity contribution >= 4 is 11.3 Å². The van der Waals surface area contributed by atoms with E-state index in [0.717, 1.165) is 30.4 Å². The molecule has 3 aromatic rings. The molecule has 0 unspecified atom stereocenters. The SMILES string of the molecule is c1ccc(-c2nc([C@@H]3COCCN3Cc3cccnc3)cs2)cc1. The molecule has 0 aliphatic carbocycles. The van der Waals surface area contributed by atoms with Crippen molar-refractivity contribution in [2.45, 2.75) is 12.6 Å². The molecule has 122 valence electrons. The monoisotopic (exact) mass is 337 g/mol. The summed E-state index contributed by atoms with van der Waals surface area (Å²) in [6.45, 7) is 3.25. The third-order valence-electron chi connectivity index (χ3n) is 4.23. The van der Waals surface area contributed by atoms with E-state index in [1.165, 1.54) is 11.1 Å². The van der Waals surface area contributed by atoms with Crippen molar-refractivity contribution in [3.05, 3.63) is 71.5 Å². The van der Waals surface area contributed by atoms with Crippen LogP contribution in [0.4, 0.5) is 0 Å². The minimum atomic E-state index is 0.202. The fraction of sp³-hybridized carbons (Fsp3) is 0.263. The van der Waals surface area contributed by atoms with E-state index in [0.29, 0.717) is 6.61 Å². The summed E-state index contributed by atoms with van der Waals surface area (Å²) in [5, 5.41) is 3.23. The number of nitrogens with zero attached hydrogens (tertiary/aromatic N) is 3. The molecule has 2 aromatic heterocycles. The maximum Gasteiger partial charge on any atom is 0.123 e. The Hall–Kier alpha value is -2.08. The van der Waals surface area contributed by atoms with Gasteiger partial charge in [-0.1, -0.05) is 36.4 Å². The van der Waals surface area contributed by atoms with Gasteiger partial charge in [-0.15, -0.1) is 11.3 Å². The minimum Gasteiger partial charge on any atom is -0.378 e. The predicted octanol–water partition coefficient (Wildman–Crippen LogP) is 3.78. The van der Waals surface area contributed by atoms with E-state index in [1.807, 2.05) is 24.5 Å². The Bertz CT molecular complexity index is 776. The Morgan fingerprint density at radius 3 is 2.92 bits per heavy atom. The number of hydrogen-bond donors (Lipinski definition) is 0. The summed E-state index contributed by atoms with van der Waals surface area (Å²) in [5.41, 5.74) is 3.50. The summed E-state index contributed by atoms with van der Waals surface area (Å²) in [5.74, 6) is 0. The standard InChI is InChI=1S/C19H19N3OS/c1-2-6-16(7-3-1)19-21-17(14-24-19)18-13-23-10-9-22(18)12-15-5-4-8-20-11-15/h1-8,11,14,18H,9-10,12-13H2/t18-/m0/s1. The third-order valence-corrected chi connectivity index (χ3v) is 5.14. The van der Waals surface area contributed by atoms with Crippen molar-refractivity contribution < 1.29 is 4.74 Å². The summed E-state index contributed by atoms with van der Waals surface area (Å²) in [4.78, 5) is 11.5. The lowest BCUT2D eigenvalue weighted by atomic mass is 10.1. The molecule has 0 spiro atoms. The van der Waals surface area contributed by atoms with E-state index in [9.17, 15) is 0 Å². The largest absolute Gasteiger partial charge is 0.378 e. The molecule has 0 radical (unpaired) electrons. The maximum atomic E-state index is 5.73. The van der Waals surface area contributed by atoms with Crippen LogP contribution in [0.1, 0.15) is 17.3 Å². The molecule has 1 aliphatic rings. The maximum absolute atomic E-state index is 5.73. The van der Waals surface area contributed by atoms with Gasteiger partial charge in [-0.3, -0.25) is 9.88 Å². The van der Waals surface area contributed by atoms with E-state index in [2.05, 4.69) is 45.6 Å². The summed E-state index contributed by atoms with van der Waals surface area (Å²) < 4.78 is 5.73. The molecule has 0 saturated carbocycles. The predicted molar refractivity (Wildman–Crippen MR) is 95.8 cm³/mol. The second-order valence-corrected chi connectivity index (χ2v) is 6.72. The Kier molecular flexibility index (Phi) is 4.64. The molecule has 24 heavy (non-hydrogen) atoms. The molecule has 1 aromatic carbocycles. The highest BCUT2D eigenvalue weighted by Crippen LogP contribution is 2.30. The molecule has 1 saturated heterocycles. The van der Waals surface area contributed by atoms with Crippen LogP contribution in [0.5, 0.6) is 0 Å². The van der Waals surface area contributed by atoms with Crippen molar-refractivity contribution in [1.29, 1.82) is 0 Å². The van der Waals surface area contributed by atoms with E-state index in [4.69, 9.17) is 9.72 Å². The number of ether oxygens (including phenoxy) is 1. The van der Waals surface area contributed by atoms with E-state index in [1.54, 1.807) is 11.3 Å². The van der Waals surface area contributed by atoms with Crippen molar-refractivity contribution in [2.24, 2.45) is 0 Å². The van der Waals surface area contributed by atoms with Crippen LogP contribution < -0.4 is 0 Å². The number of thiazole rings is 1. The second kappa shape index (κ2) is 7.21. The molecule has 0 amide bonds. The number of rotatable bonds is 4. The molecule has 0 bridgehead atoms. The first kappa shape index (κ1) is 15.4. The Morgan fingerprint density at radius 2 is 2.08 bits per heavy atom. The van der Waals surface area contributed by atoms with Gasteiger partial charge in [0.1, 0.15) is 5.01 Å². The first-order valence-corrected chi connectivity index (χ1v) is 8.99. The van der Waals surface area contributed by atoms with Gasteiger partial charge in [0, 0.05) is 36.4 Å². The Labute approximate surface area is 145 Å². The highest BCUT2D eigenvalue weighted by atomic mass is 32.1. The summed E-state index contributed by atoms with van der Waals surface area (Å²) >= 11 is 1.70. The highest BCUT2D eigenvalue weighted by Gasteiger charge is 2.27. The van der Waals surface area contributed by atoms with Crippen LogP contribution in [-0.2, 0) is 11.3 Å². The summed E-state index contributed by atoms with van der Waals surface area (Å²) in [6, 6.07) is 14.7. The van der Waals surface area contributed by atoms with Crippen LogP contribution >= 0.6 is 11.3 Å². The minimum absolute atomic E-state index is 0.202. The Morgan fingerprint density at radius 1 is 1.17 bits per heavy atom. The van der Waals surface area contributed by atoms with Gasteiger partial charge in [0.25, 0.3) is 0 Å². The average molecular weight is 337 g/mol. The molecule has 4 rings (SSSR count). The fourth-order valence-electron chi connectivity index (χ4n) is 2.98. The molecule has 3 heterocycles. The highest BCUT2D eigenvalue weighted by molar-refractivity contribution is 7.13. The zero-order valence-corrected chi connectivity index (χ0v) is 14.2. The van der Waals surface area contributed by atoms with Gasteiger partial charge in [0.2, 0.25) is 0 Å². The molecule has 1 atom stereocenters. The first-order valence-electron chi connectivity index (χ1n) is 8.12. The van der Waals surface area contributed by atoms with Crippen LogP contribution in [0.3, 0.4) is 0 Å². The van der Waals surface area contributed by atoms with E-state index in [-0.39, 0.29) is 6.04 Å². The average Bonchev–Trinajstić information content (AvgIpc) is 3.14. The van der Waals surface area contributed by atoms with Crippen LogP contribution in [0.25, 0.3) is 10.6 Å². The number of morpholine rings is 1. The topological polar surface area (TPSA) is 38.2 Å². The van der Waals surface area contributed by atoms with Crippen LogP contribution in [0.15, 0.2) is 60.2 Å².